The van der Waals surface area contributed by atoms with E-state index in [4.69, 9.17) is 6.42 Å². The Morgan fingerprint density at radius 2 is 2.48 bits per heavy atom. The molecule has 5 heteroatoms. The zero-order valence-corrected chi connectivity index (χ0v) is 12.9. The first kappa shape index (κ1) is 15.6. The summed E-state index contributed by atoms with van der Waals surface area (Å²) in [5.74, 6) is 4.13. The highest BCUT2D eigenvalue weighted by molar-refractivity contribution is 5.81. The molecule has 21 heavy (non-hydrogen) atoms. The monoisotopic (exact) mass is 288 g/mol. The van der Waals surface area contributed by atoms with Gasteiger partial charge < -0.3 is 9.88 Å². The van der Waals surface area contributed by atoms with Gasteiger partial charge in [0, 0.05) is 32.4 Å². The second-order valence-corrected chi connectivity index (χ2v) is 5.76. The van der Waals surface area contributed by atoms with Gasteiger partial charge in [0.1, 0.15) is 5.82 Å². The van der Waals surface area contributed by atoms with Gasteiger partial charge >= 0.3 is 0 Å². The molecular weight excluding hydrogens is 264 g/mol. The molecule has 0 bridgehead atoms. The van der Waals surface area contributed by atoms with Crippen LogP contribution < -0.4 is 5.32 Å². The first-order valence-electron chi connectivity index (χ1n) is 7.53. The van der Waals surface area contributed by atoms with E-state index in [1.54, 1.807) is 0 Å². The van der Waals surface area contributed by atoms with Crippen LogP contribution in [0, 0.1) is 18.3 Å². The lowest BCUT2D eigenvalue weighted by Crippen LogP contribution is -2.49. The molecule has 1 aromatic heterocycles. The van der Waals surface area contributed by atoms with Gasteiger partial charge in [-0.25, -0.2) is 4.98 Å². The summed E-state index contributed by atoms with van der Waals surface area (Å²) in [7, 11) is 2.03. The van der Waals surface area contributed by atoms with E-state index in [2.05, 4.69) is 25.7 Å². The number of likely N-dealkylation sites (tertiary alicyclic amines) is 1. The summed E-state index contributed by atoms with van der Waals surface area (Å²) >= 11 is 0. The van der Waals surface area contributed by atoms with Gasteiger partial charge in [-0.05, 0) is 32.2 Å². The van der Waals surface area contributed by atoms with Crippen LogP contribution in [0.15, 0.2) is 12.4 Å². The summed E-state index contributed by atoms with van der Waals surface area (Å²) in [5, 5.41) is 2.77. The minimum absolute atomic E-state index is 0.0191. The maximum Gasteiger partial charge on any atom is 0.237 e. The molecule has 2 rings (SSSR count). The van der Waals surface area contributed by atoms with Crippen LogP contribution in [0.5, 0.6) is 0 Å². The van der Waals surface area contributed by atoms with Gasteiger partial charge in [-0.2, -0.15) is 0 Å². The number of hydrogen-bond donors (Lipinski definition) is 1. The van der Waals surface area contributed by atoms with Gasteiger partial charge in [0.05, 0.1) is 12.6 Å². The Balaban J connectivity index is 1.90. The molecule has 5 nitrogen and oxygen atoms in total. The van der Waals surface area contributed by atoms with E-state index < -0.39 is 0 Å². The van der Waals surface area contributed by atoms with Crippen LogP contribution in [-0.2, 0) is 18.3 Å². The summed E-state index contributed by atoms with van der Waals surface area (Å²) in [6.45, 7) is 4.17. The lowest BCUT2D eigenvalue weighted by Gasteiger charge is -2.36. The smallest absolute Gasteiger partial charge is 0.237 e. The fraction of sp³-hybridized carbons (Fsp3) is 0.625. The van der Waals surface area contributed by atoms with Crippen molar-refractivity contribution < 1.29 is 4.79 Å². The molecule has 2 heterocycles. The Hall–Kier alpha value is -1.80. The van der Waals surface area contributed by atoms with Crippen molar-refractivity contribution in [3.05, 3.63) is 18.2 Å². The number of carbonyl (C=O) groups excluding carboxylic acids is 1. The van der Waals surface area contributed by atoms with Crippen molar-refractivity contribution in [3.63, 3.8) is 0 Å². The maximum absolute atomic E-state index is 12.0. The fourth-order valence-corrected chi connectivity index (χ4v) is 2.92. The predicted molar refractivity (Wildman–Crippen MR) is 82.5 cm³/mol. The third kappa shape index (κ3) is 4.08. The van der Waals surface area contributed by atoms with Gasteiger partial charge in [0.25, 0.3) is 0 Å². The van der Waals surface area contributed by atoms with Crippen molar-refractivity contribution in [1.82, 2.24) is 19.8 Å². The fourth-order valence-electron chi connectivity index (χ4n) is 2.92. The van der Waals surface area contributed by atoms with E-state index in [1.807, 2.05) is 26.4 Å². The molecule has 0 aromatic carbocycles. The minimum Gasteiger partial charge on any atom is -0.344 e. The molecular formula is C16H24N4O. The van der Waals surface area contributed by atoms with Gasteiger partial charge in [-0.3, -0.25) is 9.69 Å². The Morgan fingerprint density at radius 3 is 3.14 bits per heavy atom. The number of piperidine rings is 1. The average molecular weight is 288 g/mol. The van der Waals surface area contributed by atoms with E-state index in [9.17, 15) is 4.79 Å². The summed E-state index contributed by atoms with van der Waals surface area (Å²) in [6, 6.07) is -0.123. The van der Waals surface area contributed by atoms with Crippen molar-refractivity contribution in [2.24, 2.45) is 13.0 Å². The average Bonchev–Trinajstić information content (AvgIpc) is 2.89. The molecule has 0 spiro atoms. The Morgan fingerprint density at radius 1 is 1.67 bits per heavy atom. The SMILES string of the molecule is C#CCNC(=O)[C@@H](C)N1CCC[C@@H](Cc2nccn2C)C1. The number of rotatable bonds is 5. The molecule has 1 saturated heterocycles. The first-order valence-corrected chi connectivity index (χ1v) is 7.53. The molecule has 114 valence electrons. The molecule has 0 saturated carbocycles. The topological polar surface area (TPSA) is 50.2 Å². The Bertz CT molecular complexity index is 517. The molecule has 0 unspecified atom stereocenters. The summed E-state index contributed by atoms with van der Waals surface area (Å²) in [4.78, 5) is 18.7. The van der Waals surface area contributed by atoms with Crippen molar-refractivity contribution >= 4 is 5.91 Å². The van der Waals surface area contributed by atoms with Crippen LogP contribution in [0.3, 0.4) is 0 Å². The van der Waals surface area contributed by atoms with Gasteiger partial charge in [0.15, 0.2) is 0 Å². The van der Waals surface area contributed by atoms with Crippen molar-refractivity contribution in [1.29, 1.82) is 0 Å². The third-order valence-electron chi connectivity index (χ3n) is 4.23. The lowest BCUT2D eigenvalue weighted by atomic mass is 9.93. The molecule has 1 aromatic rings. The minimum atomic E-state index is -0.123. The van der Waals surface area contributed by atoms with Crippen molar-refractivity contribution in [2.45, 2.75) is 32.2 Å². The van der Waals surface area contributed by atoms with E-state index in [-0.39, 0.29) is 11.9 Å². The van der Waals surface area contributed by atoms with Crippen LogP contribution in [0.25, 0.3) is 0 Å². The number of carbonyl (C=O) groups is 1. The van der Waals surface area contributed by atoms with Crippen molar-refractivity contribution in [2.75, 3.05) is 19.6 Å². The third-order valence-corrected chi connectivity index (χ3v) is 4.23. The number of nitrogens with zero attached hydrogens (tertiary/aromatic N) is 3. The molecule has 2 atom stereocenters. The molecule has 1 N–H and O–H groups in total. The standard InChI is InChI=1S/C16H24N4O/c1-4-7-18-16(21)13(2)20-9-5-6-14(12-20)11-15-17-8-10-19(15)3/h1,8,10,13-14H,5-7,9,11-12H2,2-3H3,(H,18,21)/t13-,14+/m1/s1. The highest BCUT2D eigenvalue weighted by Gasteiger charge is 2.27. The number of aryl methyl sites for hydroxylation is 1. The maximum atomic E-state index is 12.0. The second kappa shape index (κ2) is 7.28. The van der Waals surface area contributed by atoms with Crippen LogP contribution in [0.1, 0.15) is 25.6 Å². The first-order chi connectivity index (χ1) is 10.1. The van der Waals surface area contributed by atoms with Crippen LogP contribution in [-0.4, -0.2) is 46.0 Å². The van der Waals surface area contributed by atoms with E-state index in [0.29, 0.717) is 12.5 Å². The van der Waals surface area contributed by atoms with E-state index >= 15 is 0 Å². The number of terminal acetylenes is 1. The molecule has 1 fully saturated rings. The Kier molecular flexibility index (Phi) is 5.40. The van der Waals surface area contributed by atoms with Gasteiger partial charge in [-0.15, -0.1) is 6.42 Å². The van der Waals surface area contributed by atoms with Crippen LogP contribution in [0.4, 0.5) is 0 Å². The normalized spacial score (nSPS) is 20.7. The van der Waals surface area contributed by atoms with Crippen LogP contribution >= 0.6 is 0 Å². The molecule has 1 aliphatic heterocycles. The number of imidazole rings is 1. The highest BCUT2D eigenvalue weighted by atomic mass is 16.2. The second-order valence-electron chi connectivity index (χ2n) is 5.76. The zero-order valence-electron chi connectivity index (χ0n) is 12.9. The van der Waals surface area contributed by atoms with Crippen molar-refractivity contribution in [3.8, 4) is 12.3 Å². The predicted octanol–water partition coefficient (Wildman–Crippen LogP) is 0.812. The molecule has 1 aliphatic rings. The molecule has 1 amide bonds. The Labute approximate surface area is 126 Å². The number of nitrogens with one attached hydrogen (secondary N) is 1. The highest BCUT2D eigenvalue weighted by Crippen LogP contribution is 2.21. The quantitative estimate of drug-likeness (QED) is 0.816. The largest absolute Gasteiger partial charge is 0.344 e. The molecule has 0 aliphatic carbocycles. The van der Waals surface area contributed by atoms with Crippen LogP contribution in [0.2, 0.25) is 0 Å². The lowest BCUT2D eigenvalue weighted by molar-refractivity contribution is -0.126. The molecule has 0 radical (unpaired) electrons. The van der Waals surface area contributed by atoms with E-state index in [1.165, 1.54) is 6.42 Å². The van der Waals surface area contributed by atoms with E-state index in [0.717, 1.165) is 31.8 Å². The number of amides is 1. The van der Waals surface area contributed by atoms with Gasteiger partial charge in [0.2, 0.25) is 5.91 Å². The number of hydrogen-bond acceptors (Lipinski definition) is 3. The van der Waals surface area contributed by atoms with Gasteiger partial charge in [-0.1, -0.05) is 5.92 Å². The summed E-state index contributed by atoms with van der Waals surface area (Å²) in [6.07, 6.45) is 12.3. The summed E-state index contributed by atoms with van der Waals surface area (Å²) in [5.41, 5.74) is 0. The zero-order chi connectivity index (χ0) is 15.2. The summed E-state index contributed by atoms with van der Waals surface area (Å²) < 4.78 is 2.07. The number of aromatic nitrogens is 2.